The Bertz CT molecular complexity index is 647. The molecule has 106 valence electrons. The minimum atomic E-state index is 0.287. The molecule has 1 aromatic heterocycles. The number of pyridine rings is 1. The summed E-state index contributed by atoms with van der Waals surface area (Å²) >= 11 is 0. The average molecular weight is 270 g/mol. The molecule has 20 heavy (non-hydrogen) atoms. The van der Waals surface area contributed by atoms with E-state index in [0.717, 1.165) is 17.0 Å². The second kappa shape index (κ2) is 4.11. The lowest BCUT2D eigenvalue weighted by Gasteiger charge is -2.11. The van der Waals surface area contributed by atoms with Gasteiger partial charge in [-0.3, -0.25) is 0 Å². The number of rotatable bonds is 3. The van der Waals surface area contributed by atoms with E-state index in [1.54, 1.807) is 7.11 Å². The van der Waals surface area contributed by atoms with Gasteiger partial charge < -0.3 is 10.1 Å². The normalized spacial score (nSPS) is 19.9. The van der Waals surface area contributed by atoms with Gasteiger partial charge in [0.05, 0.1) is 7.11 Å². The first-order valence-electron chi connectivity index (χ1n) is 7.07. The molecule has 0 aliphatic heterocycles. The highest BCUT2D eigenvalue weighted by Gasteiger charge is 2.65. The minimum absolute atomic E-state index is 0.287. The van der Waals surface area contributed by atoms with Crippen molar-refractivity contribution < 1.29 is 4.74 Å². The molecule has 0 atom stereocenters. The summed E-state index contributed by atoms with van der Waals surface area (Å²) in [5, 5.41) is 5.92. The van der Waals surface area contributed by atoms with Crippen molar-refractivity contribution in [2.24, 2.45) is 10.8 Å². The van der Waals surface area contributed by atoms with E-state index in [1.807, 2.05) is 24.4 Å². The summed E-state index contributed by atoms with van der Waals surface area (Å²) in [5.74, 6) is 1.81. The summed E-state index contributed by atoms with van der Waals surface area (Å²) in [4.78, 5) is 4.53. The zero-order valence-electron chi connectivity index (χ0n) is 12.8. The number of ether oxygens (including phenoxy) is 1. The lowest BCUT2D eigenvalue weighted by atomic mass is 10.0. The van der Waals surface area contributed by atoms with Crippen LogP contribution in [0.25, 0.3) is 10.8 Å². The van der Waals surface area contributed by atoms with Crippen molar-refractivity contribution >= 4 is 16.6 Å². The number of aromatic nitrogens is 1. The second-order valence-corrected chi connectivity index (χ2v) is 6.77. The molecule has 3 heteroatoms. The minimum Gasteiger partial charge on any atom is -0.497 e. The molecule has 1 saturated carbocycles. The van der Waals surface area contributed by atoms with Crippen molar-refractivity contribution in [2.45, 2.75) is 33.7 Å². The number of nitrogens with zero attached hydrogens (tertiary/aromatic N) is 1. The van der Waals surface area contributed by atoms with E-state index < -0.39 is 0 Å². The quantitative estimate of drug-likeness (QED) is 0.912. The predicted molar refractivity (Wildman–Crippen MR) is 83.3 cm³/mol. The smallest absolute Gasteiger partial charge is 0.134 e. The van der Waals surface area contributed by atoms with Crippen LogP contribution in [0.3, 0.4) is 0 Å². The maximum absolute atomic E-state index is 5.32. The molecule has 0 spiro atoms. The second-order valence-electron chi connectivity index (χ2n) is 6.77. The van der Waals surface area contributed by atoms with Crippen LogP contribution in [0.2, 0.25) is 0 Å². The molecule has 0 saturated heterocycles. The third-order valence-corrected chi connectivity index (χ3v) is 5.28. The third-order valence-electron chi connectivity index (χ3n) is 5.28. The van der Waals surface area contributed by atoms with Crippen molar-refractivity contribution in [3.63, 3.8) is 0 Å². The molecule has 3 rings (SSSR count). The molecule has 1 N–H and O–H groups in total. The van der Waals surface area contributed by atoms with Crippen LogP contribution < -0.4 is 10.1 Å². The van der Waals surface area contributed by atoms with Crippen LogP contribution >= 0.6 is 0 Å². The van der Waals surface area contributed by atoms with Crippen molar-refractivity contribution in [1.29, 1.82) is 0 Å². The SMILES string of the molecule is COc1ccc2ccnc(NC3C(C)(C)C3(C)C)c2c1. The van der Waals surface area contributed by atoms with Gasteiger partial charge in [0.1, 0.15) is 11.6 Å². The monoisotopic (exact) mass is 270 g/mol. The fourth-order valence-corrected chi connectivity index (χ4v) is 3.08. The summed E-state index contributed by atoms with van der Waals surface area (Å²) < 4.78 is 5.32. The first-order chi connectivity index (χ1) is 9.38. The van der Waals surface area contributed by atoms with Gasteiger partial charge in [-0.1, -0.05) is 33.8 Å². The van der Waals surface area contributed by atoms with Gasteiger partial charge in [0.25, 0.3) is 0 Å². The first kappa shape index (κ1) is 13.2. The van der Waals surface area contributed by atoms with Gasteiger partial charge in [0.2, 0.25) is 0 Å². The van der Waals surface area contributed by atoms with Gasteiger partial charge in [0, 0.05) is 17.6 Å². The fraction of sp³-hybridized carbons (Fsp3) is 0.471. The summed E-state index contributed by atoms with van der Waals surface area (Å²) in [6, 6.07) is 8.58. The van der Waals surface area contributed by atoms with Crippen LogP contribution in [-0.2, 0) is 0 Å². The van der Waals surface area contributed by atoms with Gasteiger partial charge >= 0.3 is 0 Å². The molecule has 1 fully saturated rings. The lowest BCUT2D eigenvalue weighted by molar-refractivity contribution is 0.415. The van der Waals surface area contributed by atoms with Crippen molar-refractivity contribution in [1.82, 2.24) is 4.98 Å². The lowest BCUT2D eigenvalue weighted by Crippen LogP contribution is -2.11. The summed E-state index contributed by atoms with van der Waals surface area (Å²) in [7, 11) is 1.69. The van der Waals surface area contributed by atoms with E-state index in [9.17, 15) is 0 Å². The first-order valence-corrected chi connectivity index (χ1v) is 7.07. The third kappa shape index (κ3) is 1.76. The summed E-state index contributed by atoms with van der Waals surface area (Å²) in [5.41, 5.74) is 0.575. The Labute approximate surface area is 120 Å². The molecular formula is C17H22N2O. The highest BCUT2D eigenvalue weighted by Crippen LogP contribution is 2.63. The Hall–Kier alpha value is -1.77. The fourth-order valence-electron chi connectivity index (χ4n) is 3.08. The van der Waals surface area contributed by atoms with E-state index in [2.05, 4.69) is 44.1 Å². The van der Waals surface area contributed by atoms with Crippen LogP contribution in [-0.4, -0.2) is 18.1 Å². The molecular weight excluding hydrogens is 248 g/mol. The van der Waals surface area contributed by atoms with Crippen LogP contribution in [0.15, 0.2) is 30.5 Å². The number of hydrogen-bond donors (Lipinski definition) is 1. The largest absolute Gasteiger partial charge is 0.497 e. The highest BCUT2D eigenvalue weighted by atomic mass is 16.5. The standard InChI is InChI=1S/C17H22N2O/c1-16(2)15(17(16,3)4)19-14-13-10-12(20-5)7-6-11(13)8-9-18-14/h6-10,15H,1-5H3,(H,18,19). The Morgan fingerprint density at radius 1 is 1.10 bits per heavy atom. The summed E-state index contributed by atoms with van der Waals surface area (Å²) in [6.07, 6.45) is 1.86. The van der Waals surface area contributed by atoms with E-state index >= 15 is 0 Å². The van der Waals surface area contributed by atoms with Crippen LogP contribution in [0.1, 0.15) is 27.7 Å². The Kier molecular flexibility index (Phi) is 2.72. The maximum Gasteiger partial charge on any atom is 0.134 e. The van der Waals surface area contributed by atoms with Crippen molar-refractivity contribution in [3.05, 3.63) is 30.5 Å². The molecule has 1 aliphatic rings. The number of benzene rings is 1. The number of anilines is 1. The van der Waals surface area contributed by atoms with Crippen LogP contribution in [0, 0.1) is 10.8 Å². The topological polar surface area (TPSA) is 34.1 Å². The average Bonchev–Trinajstić information content (AvgIpc) is 2.81. The molecule has 3 nitrogen and oxygen atoms in total. The highest BCUT2D eigenvalue weighted by molar-refractivity contribution is 5.93. The van der Waals surface area contributed by atoms with Crippen LogP contribution in [0.5, 0.6) is 5.75 Å². The Balaban J connectivity index is 2.00. The number of hydrogen-bond acceptors (Lipinski definition) is 3. The number of nitrogens with one attached hydrogen (secondary N) is 1. The van der Waals surface area contributed by atoms with Crippen LogP contribution in [0.4, 0.5) is 5.82 Å². The molecule has 0 unspecified atom stereocenters. The molecule has 1 heterocycles. The zero-order valence-corrected chi connectivity index (χ0v) is 12.8. The van der Waals surface area contributed by atoms with E-state index in [-0.39, 0.29) is 10.8 Å². The van der Waals surface area contributed by atoms with Gasteiger partial charge in [-0.25, -0.2) is 4.98 Å². The van der Waals surface area contributed by atoms with Gasteiger partial charge in [-0.05, 0) is 34.4 Å². The molecule has 1 aromatic carbocycles. The van der Waals surface area contributed by atoms with Gasteiger partial charge in [-0.2, -0.15) is 0 Å². The van der Waals surface area contributed by atoms with E-state index in [1.165, 1.54) is 5.39 Å². The predicted octanol–water partition coefficient (Wildman–Crippen LogP) is 4.09. The molecule has 0 radical (unpaired) electrons. The number of fused-ring (bicyclic) bond motifs is 1. The zero-order chi connectivity index (χ0) is 14.5. The molecule has 1 aliphatic carbocycles. The van der Waals surface area contributed by atoms with Crippen molar-refractivity contribution in [3.8, 4) is 5.75 Å². The summed E-state index contributed by atoms with van der Waals surface area (Å²) in [6.45, 7) is 9.21. The van der Waals surface area contributed by atoms with E-state index in [4.69, 9.17) is 4.74 Å². The van der Waals surface area contributed by atoms with E-state index in [0.29, 0.717) is 6.04 Å². The maximum atomic E-state index is 5.32. The Morgan fingerprint density at radius 2 is 1.80 bits per heavy atom. The molecule has 0 amide bonds. The molecule has 2 aromatic rings. The van der Waals surface area contributed by atoms with Crippen molar-refractivity contribution in [2.75, 3.05) is 12.4 Å². The Morgan fingerprint density at radius 3 is 2.40 bits per heavy atom. The van der Waals surface area contributed by atoms with Gasteiger partial charge in [0.15, 0.2) is 0 Å². The molecule has 0 bridgehead atoms. The van der Waals surface area contributed by atoms with Gasteiger partial charge in [-0.15, -0.1) is 0 Å². The number of methoxy groups -OCH3 is 1.